The summed E-state index contributed by atoms with van der Waals surface area (Å²) in [5, 5.41) is 0.774. The second kappa shape index (κ2) is 9.25. The van der Waals surface area contributed by atoms with E-state index in [0.29, 0.717) is 13.0 Å². The molecular weight excluding hydrogens is 358 g/mol. The van der Waals surface area contributed by atoms with Crippen molar-refractivity contribution >= 4 is 28.9 Å². The van der Waals surface area contributed by atoms with Crippen LogP contribution in [-0.4, -0.2) is 50.1 Å². The average molecular weight is 386 g/mol. The fraction of sp³-hybridized carbons (Fsp3) is 0.409. The molecular formula is C22H28ClN3O. The Bertz CT molecular complexity index is 772. The molecule has 4 nitrogen and oxygen atoms in total. The Morgan fingerprint density at radius 1 is 1.07 bits per heavy atom. The molecule has 0 radical (unpaired) electrons. The number of carbonyl (C=O) groups excluding carboxylic acids is 1. The maximum atomic E-state index is 12.7. The monoisotopic (exact) mass is 385 g/mol. The standard InChI is InChI=1S/C22H28ClN3O/c1-3-26(21-9-4-6-18(2)16-21)22(27)10-11-24-12-14-25(15-13-24)20-8-5-7-19(23)17-20/h4-9,16-17H,3,10-15H2,1-2H3. The Morgan fingerprint density at radius 3 is 2.48 bits per heavy atom. The minimum Gasteiger partial charge on any atom is -0.369 e. The first-order chi connectivity index (χ1) is 13.1. The van der Waals surface area contributed by atoms with Gasteiger partial charge in [0.1, 0.15) is 0 Å². The van der Waals surface area contributed by atoms with Gasteiger partial charge in [0.25, 0.3) is 0 Å². The number of carbonyl (C=O) groups is 1. The lowest BCUT2D eigenvalue weighted by Crippen LogP contribution is -2.47. The Hall–Kier alpha value is -2.04. The Kier molecular flexibility index (Phi) is 6.75. The normalized spacial score (nSPS) is 15.0. The zero-order valence-corrected chi connectivity index (χ0v) is 17.0. The van der Waals surface area contributed by atoms with E-state index < -0.39 is 0 Å². The van der Waals surface area contributed by atoms with E-state index in [1.165, 1.54) is 11.3 Å². The fourth-order valence-electron chi connectivity index (χ4n) is 3.59. The third kappa shape index (κ3) is 5.24. The van der Waals surface area contributed by atoms with E-state index in [9.17, 15) is 4.79 Å². The average Bonchev–Trinajstić information content (AvgIpc) is 2.67. The van der Waals surface area contributed by atoms with Crippen LogP contribution in [0.1, 0.15) is 18.9 Å². The van der Waals surface area contributed by atoms with Crippen LogP contribution < -0.4 is 9.80 Å². The zero-order valence-electron chi connectivity index (χ0n) is 16.2. The summed E-state index contributed by atoms with van der Waals surface area (Å²) < 4.78 is 0. The summed E-state index contributed by atoms with van der Waals surface area (Å²) in [5.74, 6) is 0.195. The molecule has 1 amide bonds. The number of nitrogens with zero attached hydrogens (tertiary/aromatic N) is 3. The molecule has 1 heterocycles. The molecule has 0 unspecified atom stereocenters. The summed E-state index contributed by atoms with van der Waals surface area (Å²) in [7, 11) is 0. The highest BCUT2D eigenvalue weighted by Gasteiger charge is 2.20. The van der Waals surface area contributed by atoms with Crippen molar-refractivity contribution in [2.75, 3.05) is 49.1 Å². The van der Waals surface area contributed by atoms with Gasteiger partial charge in [-0.25, -0.2) is 0 Å². The number of benzene rings is 2. The molecule has 1 fully saturated rings. The molecule has 0 N–H and O–H groups in total. The number of amides is 1. The molecule has 1 aliphatic heterocycles. The summed E-state index contributed by atoms with van der Waals surface area (Å²) in [4.78, 5) is 19.3. The molecule has 5 heteroatoms. The topological polar surface area (TPSA) is 26.8 Å². The minimum absolute atomic E-state index is 0.195. The lowest BCUT2D eigenvalue weighted by molar-refractivity contribution is -0.118. The largest absolute Gasteiger partial charge is 0.369 e. The van der Waals surface area contributed by atoms with E-state index in [-0.39, 0.29) is 5.91 Å². The van der Waals surface area contributed by atoms with Gasteiger partial charge in [0.05, 0.1) is 0 Å². The van der Waals surface area contributed by atoms with E-state index >= 15 is 0 Å². The van der Waals surface area contributed by atoms with Gasteiger partial charge in [0, 0.05) is 62.1 Å². The van der Waals surface area contributed by atoms with Crippen LogP contribution in [0.15, 0.2) is 48.5 Å². The molecule has 1 saturated heterocycles. The van der Waals surface area contributed by atoms with Crippen LogP contribution in [0.5, 0.6) is 0 Å². The summed E-state index contributed by atoms with van der Waals surface area (Å²) in [6.45, 7) is 9.46. The van der Waals surface area contributed by atoms with Crippen molar-refractivity contribution in [2.45, 2.75) is 20.3 Å². The number of rotatable bonds is 6. The van der Waals surface area contributed by atoms with Gasteiger partial charge in [-0.2, -0.15) is 0 Å². The number of hydrogen-bond donors (Lipinski definition) is 0. The predicted molar refractivity (Wildman–Crippen MR) is 114 cm³/mol. The molecule has 0 aromatic heterocycles. The molecule has 2 aromatic carbocycles. The van der Waals surface area contributed by atoms with Crippen molar-refractivity contribution in [3.8, 4) is 0 Å². The lowest BCUT2D eigenvalue weighted by Gasteiger charge is -2.36. The third-order valence-corrected chi connectivity index (χ3v) is 5.35. The molecule has 0 bridgehead atoms. The van der Waals surface area contributed by atoms with Crippen molar-refractivity contribution in [2.24, 2.45) is 0 Å². The first-order valence-electron chi connectivity index (χ1n) is 9.66. The van der Waals surface area contributed by atoms with Crippen molar-refractivity contribution in [3.63, 3.8) is 0 Å². The van der Waals surface area contributed by atoms with Gasteiger partial charge < -0.3 is 9.80 Å². The Balaban J connectivity index is 1.50. The van der Waals surface area contributed by atoms with Gasteiger partial charge in [-0.05, 0) is 49.7 Å². The predicted octanol–water partition coefficient (Wildman–Crippen LogP) is 4.21. The van der Waals surface area contributed by atoms with Crippen molar-refractivity contribution in [1.82, 2.24) is 4.90 Å². The minimum atomic E-state index is 0.195. The summed E-state index contributed by atoms with van der Waals surface area (Å²) in [5.41, 5.74) is 3.35. The van der Waals surface area contributed by atoms with Crippen molar-refractivity contribution in [3.05, 3.63) is 59.1 Å². The number of anilines is 2. The molecule has 27 heavy (non-hydrogen) atoms. The zero-order chi connectivity index (χ0) is 19.2. The highest BCUT2D eigenvalue weighted by molar-refractivity contribution is 6.30. The van der Waals surface area contributed by atoms with Crippen LogP contribution in [0.2, 0.25) is 5.02 Å². The number of aryl methyl sites for hydroxylation is 1. The highest BCUT2D eigenvalue weighted by atomic mass is 35.5. The van der Waals surface area contributed by atoms with Crippen LogP contribution in [0.25, 0.3) is 0 Å². The quantitative estimate of drug-likeness (QED) is 0.745. The highest BCUT2D eigenvalue weighted by Crippen LogP contribution is 2.21. The Labute approximate surface area is 167 Å². The van der Waals surface area contributed by atoms with Gasteiger partial charge in [-0.3, -0.25) is 9.69 Å². The van der Waals surface area contributed by atoms with Crippen LogP contribution in [0, 0.1) is 6.92 Å². The maximum Gasteiger partial charge on any atom is 0.228 e. The molecule has 0 saturated carbocycles. The summed E-state index contributed by atoms with van der Waals surface area (Å²) >= 11 is 6.10. The van der Waals surface area contributed by atoms with Crippen LogP contribution in [0.3, 0.4) is 0 Å². The van der Waals surface area contributed by atoms with E-state index in [1.807, 2.05) is 42.2 Å². The van der Waals surface area contributed by atoms with Crippen LogP contribution in [0.4, 0.5) is 11.4 Å². The maximum absolute atomic E-state index is 12.7. The second-order valence-corrected chi connectivity index (χ2v) is 7.47. The second-order valence-electron chi connectivity index (χ2n) is 7.04. The summed E-state index contributed by atoms with van der Waals surface area (Å²) in [6, 6.07) is 16.2. The van der Waals surface area contributed by atoms with E-state index in [1.54, 1.807) is 0 Å². The van der Waals surface area contributed by atoms with E-state index in [0.717, 1.165) is 43.4 Å². The molecule has 0 spiro atoms. The van der Waals surface area contributed by atoms with Gasteiger partial charge in [0.2, 0.25) is 5.91 Å². The van der Waals surface area contributed by atoms with Gasteiger partial charge >= 0.3 is 0 Å². The lowest BCUT2D eigenvalue weighted by atomic mass is 10.2. The third-order valence-electron chi connectivity index (χ3n) is 5.12. The molecule has 144 valence electrons. The first kappa shape index (κ1) is 19.7. The van der Waals surface area contributed by atoms with Gasteiger partial charge in [-0.1, -0.05) is 29.8 Å². The van der Waals surface area contributed by atoms with Crippen LogP contribution >= 0.6 is 11.6 Å². The van der Waals surface area contributed by atoms with E-state index in [2.05, 4.69) is 34.9 Å². The molecule has 0 atom stereocenters. The fourth-order valence-corrected chi connectivity index (χ4v) is 3.77. The number of hydrogen-bond acceptors (Lipinski definition) is 3. The first-order valence-corrected chi connectivity index (χ1v) is 10.0. The van der Waals surface area contributed by atoms with Crippen molar-refractivity contribution in [1.29, 1.82) is 0 Å². The van der Waals surface area contributed by atoms with Crippen LogP contribution in [-0.2, 0) is 4.79 Å². The molecule has 1 aliphatic rings. The molecule has 0 aliphatic carbocycles. The SMILES string of the molecule is CCN(C(=O)CCN1CCN(c2cccc(Cl)c2)CC1)c1cccc(C)c1. The Morgan fingerprint density at radius 2 is 1.81 bits per heavy atom. The summed E-state index contributed by atoms with van der Waals surface area (Å²) in [6.07, 6.45) is 0.555. The van der Waals surface area contributed by atoms with E-state index in [4.69, 9.17) is 11.6 Å². The van der Waals surface area contributed by atoms with Gasteiger partial charge in [-0.15, -0.1) is 0 Å². The number of piperazine rings is 1. The molecule has 3 rings (SSSR count). The smallest absolute Gasteiger partial charge is 0.228 e. The van der Waals surface area contributed by atoms with Crippen molar-refractivity contribution < 1.29 is 4.79 Å². The number of halogens is 1. The molecule has 2 aromatic rings. The van der Waals surface area contributed by atoms with Gasteiger partial charge in [0.15, 0.2) is 0 Å².